The van der Waals surface area contributed by atoms with Crippen LogP contribution in [0.5, 0.6) is 0 Å². The first-order valence-corrected chi connectivity index (χ1v) is 16.4. The van der Waals surface area contributed by atoms with E-state index in [4.69, 9.17) is 33.8 Å². The number of hydrogen-bond donors (Lipinski definition) is 2. The van der Waals surface area contributed by atoms with Crippen LogP contribution in [0.25, 0.3) is 0 Å². The number of nitrogens with zero attached hydrogens (tertiary/aromatic N) is 5. The molecule has 1 saturated carbocycles. The van der Waals surface area contributed by atoms with E-state index in [1.165, 1.54) is 49.8 Å². The maximum atomic E-state index is 6.41. The highest BCUT2D eigenvalue weighted by molar-refractivity contribution is 7.80. The van der Waals surface area contributed by atoms with Crippen molar-refractivity contribution in [2.45, 2.75) is 56.8 Å². The normalized spacial score (nSPS) is 18.9. The van der Waals surface area contributed by atoms with Crippen LogP contribution in [0.1, 0.15) is 56.9 Å². The summed E-state index contributed by atoms with van der Waals surface area (Å²) >= 11 is 12.2. The van der Waals surface area contributed by atoms with E-state index in [1.54, 1.807) is 0 Å². The summed E-state index contributed by atoms with van der Waals surface area (Å²) in [4.78, 5) is 17.2. The number of para-hydroxylation sites is 1. The van der Waals surface area contributed by atoms with E-state index >= 15 is 0 Å². The zero-order valence-electron chi connectivity index (χ0n) is 24.4. The highest BCUT2D eigenvalue weighted by Crippen LogP contribution is 2.40. The van der Waals surface area contributed by atoms with E-state index in [0.29, 0.717) is 11.1 Å². The molecule has 0 spiro atoms. The maximum Gasteiger partial charge on any atom is 0.232 e. The highest BCUT2D eigenvalue weighted by atomic mass is 35.5. The van der Waals surface area contributed by atoms with Crippen molar-refractivity contribution in [3.8, 4) is 0 Å². The number of thiocarbonyl (C=S) groups is 1. The van der Waals surface area contributed by atoms with Crippen molar-refractivity contribution in [2.24, 2.45) is 0 Å². The van der Waals surface area contributed by atoms with Crippen molar-refractivity contribution in [1.82, 2.24) is 15.3 Å². The van der Waals surface area contributed by atoms with Crippen LogP contribution in [0, 0.1) is 0 Å². The Labute approximate surface area is 260 Å². The van der Waals surface area contributed by atoms with Crippen molar-refractivity contribution in [1.29, 1.82) is 0 Å². The number of benzene rings is 2. The molecule has 0 unspecified atom stereocenters. The van der Waals surface area contributed by atoms with Crippen molar-refractivity contribution in [3.63, 3.8) is 0 Å². The first-order valence-electron chi connectivity index (χ1n) is 15.6. The summed E-state index contributed by atoms with van der Waals surface area (Å²) in [7, 11) is 0. The molecule has 222 valence electrons. The molecular formula is C33H42ClN7S. The Balaban J connectivity index is 1.17. The molecule has 0 radical (unpaired) electrons. The van der Waals surface area contributed by atoms with Gasteiger partial charge in [0, 0.05) is 68.0 Å². The molecule has 2 N–H and O–H groups in total. The zero-order chi connectivity index (χ0) is 28.8. The Kier molecular flexibility index (Phi) is 9.30. The third kappa shape index (κ3) is 6.92. The Morgan fingerprint density at radius 1 is 0.738 bits per heavy atom. The molecule has 2 saturated heterocycles. The van der Waals surface area contributed by atoms with Crippen LogP contribution in [0.3, 0.4) is 0 Å². The third-order valence-corrected chi connectivity index (χ3v) is 9.65. The lowest BCUT2D eigenvalue weighted by atomic mass is 9.69. The summed E-state index contributed by atoms with van der Waals surface area (Å²) in [5, 5.41) is 8.27. The van der Waals surface area contributed by atoms with Crippen LogP contribution >= 0.6 is 23.8 Å². The number of halogens is 1. The van der Waals surface area contributed by atoms with E-state index in [1.807, 2.05) is 6.07 Å². The van der Waals surface area contributed by atoms with Crippen molar-refractivity contribution in [3.05, 3.63) is 71.2 Å². The standard InChI is InChI=1S/C33H42ClN7S/c34-27-12-10-11-26(23-27)33(15-6-2-7-16-33)25-35-32(42)38-31-36-29(40-17-8-3-9-18-40)24-30(37-31)41-21-19-39(20-22-41)28-13-4-1-5-14-28/h1,4-5,10-14,23-24H,2-3,6-9,15-22,25H2,(H2,35,36,37,38,42). The minimum Gasteiger partial charge on any atom is -0.368 e. The molecule has 0 atom stereocenters. The van der Waals surface area contributed by atoms with Crippen molar-refractivity contribution in [2.75, 3.05) is 65.8 Å². The van der Waals surface area contributed by atoms with E-state index in [-0.39, 0.29) is 5.41 Å². The maximum absolute atomic E-state index is 6.41. The highest BCUT2D eigenvalue weighted by Gasteiger charge is 2.34. The zero-order valence-corrected chi connectivity index (χ0v) is 26.0. The molecule has 0 amide bonds. The Hall–Kier alpha value is -3.10. The fourth-order valence-corrected chi connectivity index (χ4v) is 7.12. The van der Waals surface area contributed by atoms with Gasteiger partial charge in [-0.05, 0) is 74.2 Å². The second-order valence-electron chi connectivity index (χ2n) is 11.9. The SMILES string of the molecule is S=C(NCC1(c2cccc(Cl)c2)CCCCC1)Nc1nc(N2CCCCC2)cc(N2CCN(c3ccccc3)CC2)n1. The first-order chi connectivity index (χ1) is 20.6. The molecule has 42 heavy (non-hydrogen) atoms. The van der Waals surface area contributed by atoms with Gasteiger partial charge in [-0.3, -0.25) is 0 Å². The molecule has 9 heteroatoms. The lowest BCUT2D eigenvalue weighted by Gasteiger charge is -2.38. The topological polar surface area (TPSA) is 59.6 Å². The average Bonchev–Trinajstić information content (AvgIpc) is 3.05. The lowest BCUT2D eigenvalue weighted by Crippen LogP contribution is -2.47. The van der Waals surface area contributed by atoms with Gasteiger partial charge < -0.3 is 25.3 Å². The van der Waals surface area contributed by atoms with Gasteiger partial charge in [-0.1, -0.05) is 61.2 Å². The molecule has 3 aromatic rings. The van der Waals surface area contributed by atoms with Gasteiger partial charge >= 0.3 is 0 Å². The van der Waals surface area contributed by atoms with Gasteiger partial charge in [-0.15, -0.1) is 0 Å². The van der Waals surface area contributed by atoms with E-state index in [9.17, 15) is 0 Å². The fourth-order valence-electron chi connectivity index (χ4n) is 6.77. The average molecular weight is 604 g/mol. The van der Waals surface area contributed by atoms with Crippen LogP contribution < -0.4 is 25.3 Å². The van der Waals surface area contributed by atoms with Gasteiger partial charge in [0.1, 0.15) is 11.6 Å². The van der Waals surface area contributed by atoms with Gasteiger partial charge in [0.25, 0.3) is 0 Å². The van der Waals surface area contributed by atoms with Gasteiger partial charge in [0.05, 0.1) is 0 Å². The summed E-state index contributed by atoms with van der Waals surface area (Å²) in [5.41, 5.74) is 2.60. The van der Waals surface area contributed by atoms with Gasteiger partial charge in [-0.2, -0.15) is 9.97 Å². The smallest absolute Gasteiger partial charge is 0.232 e. The monoisotopic (exact) mass is 603 g/mol. The number of aromatic nitrogens is 2. The molecule has 1 aliphatic carbocycles. The summed E-state index contributed by atoms with van der Waals surface area (Å²) in [6, 6.07) is 21.2. The summed E-state index contributed by atoms with van der Waals surface area (Å²) < 4.78 is 0. The predicted molar refractivity (Wildman–Crippen MR) is 179 cm³/mol. The molecule has 2 aliphatic heterocycles. The molecule has 2 aromatic carbocycles. The molecule has 7 nitrogen and oxygen atoms in total. The van der Waals surface area contributed by atoms with Crippen LogP contribution in [0.15, 0.2) is 60.7 Å². The minimum atomic E-state index is 0.0228. The molecule has 1 aromatic heterocycles. The number of nitrogens with one attached hydrogen (secondary N) is 2. The van der Waals surface area contributed by atoms with Crippen LogP contribution in [-0.2, 0) is 5.41 Å². The summed E-state index contributed by atoms with van der Waals surface area (Å²) in [6.07, 6.45) is 9.65. The van der Waals surface area contributed by atoms with E-state index < -0.39 is 0 Å². The van der Waals surface area contributed by atoms with Crippen LogP contribution in [0.2, 0.25) is 5.02 Å². The molecule has 6 rings (SSSR count). The largest absolute Gasteiger partial charge is 0.368 e. The molecular weight excluding hydrogens is 562 g/mol. The quantitative estimate of drug-likeness (QED) is 0.292. The van der Waals surface area contributed by atoms with Gasteiger partial charge in [-0.25, -0.2) is 0 Å². The molecule has 3 fully saturated rings. The number of anilines is 4. The summed E-state index contributed by atoms with van der Waals surface area (Å²) in [5.74, 6) is 2.51. The van der Waals surface area contributed by atoms with E-state index in [0.717, 1.165) is 75.3 Å². The number of hydrogen-bond acceptors (Lipinski definition) is 6. The van der Waals surface area contributed by atoms with Gasteiger partial charge in [0.15, 0.2) is 5.11 Å². The Morgan fingerprint density at radius 2 is 1.38 bits per heavy atom. The van der Waals surface area contributed by atoms with Crippen LogP contribution in [-0.4, -0.2) is 60.9 Å². The Morgan fingerprint density at radius 3 is 2.07 bits per heavy atom. The number of rotatable bonds is 7. The second-order valence-corrected chi connectivity index (χ2v) is 12.8. The minimum absolute atomic E-state index is 0.0228. The first kappa shape index (κ1) is 29.0. The lowest BCUT2D eigenvalue weighted by molar-refractivity contribution is 0.292. The predicted octanol–water partition coefficient (Wildman–Crippen LogP) is 6.64. The Bertz CT molecular complexity index is 1330. The van der Waals surface area contributed by atoms with Crippen molar-refractivity contribution >= 4 is 52.2 Å². The third-order valence-electron chi connectivity index (χ3n) is 9.16. The molecule has 3 heterocycles. The second kappa shape index (κ2) is 13.5. The fraction of sp³-hybridized carbons (Fsp3) is 0.485. The molecule has 0 bridgehead atoms. The van der Waals surface area contributed by atoms with E-state index in [2.05, 4.69) is 79.9 Å². The molecule has 3 aliphatic rings. The number of piperidine rings is 1. The van der Waals surface area contributed by atoms with Crippen molar-refractivity contribution < 1.29 is 0 Å². The summed E-state index contributed by atoms with van der Waals surface area (Å²) in [6.45, 7) is 6.57. The van der Waals surface area contributed by atoms with Crippen LogP contribution in [0.4, 0.5) is 23.3 Å². The number of piperazine rings is 1. The van der Waals surface area contributed by atoms with Gasteiger partial charge in [0.2, 0.25) is 5.95 Å².